The Morgan fingerprint density at radius 3 is 2.40 bits per heavy atom. The van der Waals surface area contributed by atoms with Crippen LogP contribution < -0.4 is 11.1 Å². The molecular formula is C10H9N3O2. The fraction of sp³-hybridized carbons (Fsp3) is 0.100. The minimum Gasteiger partial charge on any atom is -0.361 e. The zero-order valence-electron chi connectivity index (χ0n) is 7.86. The molecule has 15 heavy (non-hydrogen) atoms. The van der Waals surface area contributed by atoms with Crippen molar-refractivity contribution in [3.05, 3.63) is 35.4 Å². The highest BCUT2D eigenvalue weighted by Gasteiger charge is 2.06. The van der Waals surface area contributed by atoms with Gasteiger partial charge in [-0.05, 0) is 17.7 Å². The summed E-state index contributed by atoms with van der Waals surface area (Å²) in [5.74, 6) is -1.83. The summed E-state index contributed by atoms with van der Waals surface area (Å²) < 4.78 is 0. The lowest BCUT2D eigenvalue weighted by Gasteiger charge is -2.02. The van der Waals surface area contributed by atoms with Gasteiger partial charge in [-0.2, -0.15) is 5.26 Å². The van der Waals surface area contributed by atoms with Gasteiger partial charge in [-0.1, -0.05) is 12.1 Å². The molecule has 0 spiro atoms. The van der Waals surface area contributed by atoms with Gasteiger partial charge in [0, 0.05) is 6.54 Å². The number of hydrogen-bond donors (Lipinski definition) is 2. The van der Waals surface area contributed by atoms with E-state index in [1.807, 2.05) is 6.07 Å². The lowest BCUT2D eigenvalue weighted by molar-refractivity contribution is -0.137. The third-order valence-electron chi connectivity index (χ3n) is 1.76. The summed E-state index contributed by atoms with van der Waals surface area (Å²) in [6, 6.07) is 8.63. The minimum atomic E-state index is -1.01. The summed E-state index contributed by atoms with van der Waals surface area (Å²) in [7, 11) is 0. The molecule has 76 valence electrons. The van der Waals surface area contributed by atoms with Crippen LogP contribution in [0.5, 0.6) is 0 Å². The lowest BCUT2D eigenvalue weighted by Crippen LogP contribution is -2.35. The Morgan fingerprint density at radius 1 is 1.33 bits per heavy atom. The van der Waals surface area contributed by atoms with E-state index in [-0.39, 0.29) is 6.54 Å². The topological polar surface area (TPSA) is 96.0 Å². The molecular weight excluding hydrogens is 194 g/mol. The van der Waals surface area contributed by atoms with E-state index < -0.39 is 11.8 Å². The number of benzene rings is 1. The Kier molecular flexibility index (Phi) is 3.41. The van der Waals surface area contributed by atoms with Crippen molar-refractivity contribution in [2.45, 2.75) is 6.54 Å². The number of nitrogens with one attached hydrogen (secondary N) is 1. The number of carbonyl (C=O) groups excluding carboxylic acids is 2. The van der Waals surface area contributed by atoms with Crippen LogP contribution in [0.15, 0.2) is 24.3 Å². The van der Waals surface area contributed by atoms with E-state index in [1.54, 1.807) is 24.3 Å². The first-order valence-electron chi connectivity index (χ1n) is 4.20. The zero-order valence-corrected chi connectivity index (χ0v) is 7.86. The Balaban J connectivity index is 2.56. The largest absolute Gasteiger partial charge is 0.361 e. The molecule has 5 heteroatoms. The number of nitriles is 1. The van der Waals surface area contributed by atoms with Crippen molar-refractivity contribution in [1.82, 2.24) is 5.32 Å². The second-order valence-electron chi connectivity index (χ2n) is 2.86. The van der Waals surface area contributed by atoms with Gasteiger partial charge in [-0.3, -0.25) is 9.59 Å². The molecule has 0 aliphatic heterocycles. The van der Waals surface area contributed by atoms with E-state index in [9.17, 15) is 9.59 Å². The second-order valence-corrected chi connectivity index (χ2v) is 2.86. The highest BCUT2D eigenvalue weighted by Crippen LogP contribution is 2.02. The molecule has 0 aromatic heterocycles. The molecule has 0 radical (unpaired) electrons. The molecule has 0 atom stereocenters. The first kappa shape index (κ1) is 10.7. The molecule has 2 amide bonds. The third kappa shape index (κ3) is 3.12. The molecule has 0 bridgehead atoms. The summed E-state index contributed by atoms with van der Waals surface area (Å²) >= 11 is 0. The summed E-state index contributed by atoms with van der Waals surface area (Å²) in [6.07, 6.45) is 0. The monoisotopic (exact) mass is 203 g/mol. The van der Waals surface area contributed by atoms with Gasteiger partial charge in [0.05, 0.1) is 11.6 Å². The van der Waals surface area contributed by atoms with Gasteiger partial charge in [-0.25, -0.2) is 0 Å². The molecule has 0 fully saturated rings. The van der Waals surface area contributed by atoms with Gasteiger partial charge in [0.15, 0.2) is 0 Å². The van der Waals surface area contributed by atoms with Gasteiger partial charge in [0.25, 0.3) is 0 Å². The molecule has 1 rings (SSSR count). The van der Waals surface area contributed by atoms with E-state index in [0.29, 0.717) is 5.56 Å². The molecule has 0 saturated carbocycles. The van der Waals surface area contributed by atoms with Gasteiger partial charge < -0.3 is 11.1 Å². The Hall–Kier alpha value is -2.35. The maximum Gasteiger partial charge on any atom is 0.309 e. The number of nitrogens with two attached hydrogens (primary N) is 1. The average Bonchev–Trinajstić information content (AvgIpc) is 2.26. The standard InChI is InChI=1S/C10H9N3O2/c11-5-7-1-3-8(4-2-7)6-13-10(15)9(12)14/h1-4H,6H2,(H2,12,14)(H,13,15). The Bertz CT molecular complexity index is 417. The van der Waals surface area contributed by atoms with E-state index in [1.165, 1.54) is 0 Å². The van der Waals surface area contributed by atoms with Crippen molar-refractivity contribution >= 4 is 11.8 Å². The molecule has 1 aromatic carbocycles. The summed E-state index contributed by atoms with van der Waals surface area (Å²) in [6.45, 7) is 0.216. The van der Waals surface area contributed by atoms with Crippen LogP contribution in [0.1, 0.15) is 11.1 Å². The quantitative estimate of drug-likeness (QED) is 0.643. The van der Waals surface area contributed by atoms with Crippen LogP contribution in [-0.4, -0.2) is 11.8 Å². The first-order valence-corrected chi connectivity index (χ1v) is 4.20. The summed E-state index contributed by atoms with van der Waals surface area (Å²) in [5.41, 5.74) is 6.09. The van der Waals surface area contributed by atoms with Crippen LogP contribution in [0.2, 0.25) is 0 Å². The first-order chi connectivity index (χ1) is 7.13. The molecule has 3 N–H and O–H groups in total. The van der Waals surface area contributed by atoms with Crippen LogP contribution in [-0.2, 0) is 16.1 Å². The number of hydrogen-bond acceptors (Lipinski definition) is 3. The number of amides is 2. The number of rotatable bonds is 2. The molecule has 0 aliphatic rings. The van der Waals surface area contributed by atoms with Crippen LogP contribution in [0.3, 0.4) is 0 Å². The Labute approximate surface area is 86.5 Å². The number of primary amides is 1. The van der Waals surface area contributed by atoms with E-state index in [4.69, 9.17) is 11.0 Å². The minimum absolute atomic E-state index is 0.216. The lowest BCUT2D eigenvalue weighted by atomic mass is 10.1. The summed E-state index contributed by atoms with van der Waals surface area (Å²) in [5, 5.41) is 10.9. The maximum absolute atomic E-state index is 10.8. The number of nitrogens with zero attached hydrogens (tertiary/aromatic N) is 1. The van der Waals surface area contributed by atoms with Crippen LogP contribution >= 0.6 is 0 Å². The number of carbonyl (C=O) groups is 2. The van der Waals surface area contributed by atoms with Gasteiger partial charge in [0.1, 0.15) is 0 Å². The van der Waals surface area contributed by atoms with Crippen molar-refractivity contribution in [2.75, 3.05) is 0 Å². The van der Waals surface area contributed by atoms with E-state index in [0.717, 1.165) is 5.56 Å². The average molecular weight is 203 g/mol. The molecule has 0 saturated heterocycles. The highest BCUT2D eigenvalue weighted by atomic mass is 16.2. The van der Waals surface area contributed by atoms with Gasteiger partial charge in [0.2, 0.25) is 0 Å². The fourth-order valence-corrected chi connectivity index (χ4v) is 0.967. The Morgan fingerprint density at radius 2 is 1.93 bits per heavy atom. The third-order valence-corrected chi connectivity index (χ3v) is 1.76. The van der Waals surface area contributed by atoms with Crippen molar-refractivity contribution < 1.29 is 9.59 Å². The normalized spacial score (nSPS) is 9.00. The van der Waals surface area contributed by atoms with Crippen molar-refractivity contribution in [1.29, 1.82) is 5.26 Å². The smallest absolute Gasteiger partial charge is 0.309 e. The van der Waals surface area contributed by atoms with Crippen LogP contribution in [0, 0.1) is 11.3 Å². The predicted octanol–water partition coefficient (Wildman–Crippen LogP) is -0.340. The SMILES string of the molecule is N#Cc1ccc(CNC(=O)C(N)=O)cc1. The summed E-state index contributed by atoms with van der Waals surface area (Å²) in [4.78, 5) is 21.2. The van der Waals surface area contributed by atoms with E-state index in [2.05, 4.69) is 5.32 Å². The van der Waals surface area contributed by atoms with Crippen LogP contribution in [0.4, 0.5) is 0 Å². The molecule has 1 aromatic rings. The van der Waals surface area contributed by atoms with Crippen molar-refractivity contribution in [2.24, 2.45) is 5.73 Å². The zero-order chi connectivity index (χ0) is 11.3. The second kappa shape index (κ2) is 4.77. The van der Waals surface area contributed by atoms with E-state index >= 15 is 0 Å². The highest BCUT2D eigenvalue weighted by molar-refractivity contribution is 6.34. The predicted molar refractivity (Wildman–Crippen MR) is 52.2 cm³/mol. The van der Waals surface area contributed by atoms with Gasteiger partial charge >= 0.3 is 11.8 Å². The molecule has 0 heterocycles. The fourth-order valence-electron chi connectivity index (χ4n) is 0.967. The molecule has 0 unspecified atom stereocenters. The van der Waals surface area contributed by atoms with Crippen molar-refractivity contribution in [3.63, 3.8) is 0 Å². The molecule has 5 nitrogen and oxygen atoms in total. The van der Waals surface area contributed by atoms with Crippen LogP contribution in [0.25, 0.3) is 0 Å². The molecule has 0 aliphatic carbocycles. The maximum atomic E-state index is 10.8. The van der Waals surface area contributed by atoms with Gasteiger partial charge in [-0.15, -0.1) is 0 Å². The van der Waals surface area contributed by atoms with Crippen molar-refractivity contribution in [3.8, 4) is 6.07 Å².